The molecule has 0 spiro atoms. The summed E-state index contributed by atoms with van der Waals surface area (Å²) in [5.74, 6) is 0.759. The molecular formula is C19H15BrClN3. The first kappa shape index (κ1) is 16.7. The van der Waals surface area contributed by atoms with Crippen LogP contribution in [0, 0.1) is 0 Å². The van der Waals surface area contributed by atoms with Gasteiger partial charge in [-0.1, -0.05) is 70.0 Å². The summed E-state index contributed by atoms with van der Waals surface area (Å²) in [6, 6.07) is 20.1. The molecule has 0 saturated heterocycles. The minimum atomic E-state index is 0.425. The maximum atomic E-state index is 6.03. The number of nitrogens with zero attached hydrogens (tertiary/aromatic N) is 3. The molecular weight excluding hydrogens is 386 g/mol. The third-order valence-electron chi connectivity index (χ3n) is 3.43. The Morgan fingerprint density at radius 2 is 1.75 bits per heavy atom. The first-order valence-electron chi connectivity index (χ1n) is 7.44. The normalized spacial score (nSPS) is 10.9. The van der Waals surface area contributed by atoms with Gasteiger partial charge in [0.05, 0.1) is 0 Å². The lowest BCUT2D eigenvalue weighted by atomic mass is 10.2. The van der Waals surface area contributed by atoms with Crippen LogP contribution >= 0.6 is 27.5 Å². The summed E-state index contributed by atoms with van der Waals surface area (Å²) in [7, 11) is 0. The molecule has 0 amide bonds. The molecule has 1 heterocycles. The fraction of sp³-hybridized carbons (Fsp3) is 0.0526. The van der Waals surface area contributed by atoms with Crippen molar-refractivity contribution in [2.75, 3.05) is 11.4 Å². The van der Waals surface area contributed by atoms with Crippen LogP contribution in [-0.4, -0.2) is 16.5 Å². The summed E-state index contributed by atoms with van der Waals surface area (Å²) in [5, 5.41) is 0.425. The molecule has 0 aliphatic rings. The second-order valence-electron chi connectivity index (χ2n) is 5.10. The maximum absolute atomic E-state index is 6.03. The molecule has 0 atom stereocenters. The van der Waals surface area contributed by atoms with Crippen molar-refractivity contribution in [3.63, 3.8) is 0 Å². The molecule has 3 nitrogen and oxygen atoms in total. The molecule has 120 valence electrons. The highest BCUT2D eigenvalue weighted by Crippen LogP contribution is 2.26. The van der Waals surface area contributed by atoms with Crippen molar-refractivity contribution in [3.05, 3.63) is 88.3 Å². The summed E-state index contributed by atoms with van der Waals surface area (Å²) in [6.45, 7) is 0.671. The number of anilines is 2. The Hall–Kier alpha value is -2.17. The summed E-state index contributed by atoms with van der Waals surface area (Å²) in [4.78, 5) is 10.4. The van der Waals surface area contributed by atoms with Crippen LogP contribution in [0.25, 0.3) is 6.08 Å². The van der Waals surface area contributed by atoms with Crippen molar-refractivity contribution in [1.29, 1.82) is 0 Å². The van der Waals surface area contributed by atoms with Crippen molar-refractivity contribution in [3.8, 4) is 0 Å². The van der Waals surface area contributed by atoms with Gasteiger partial charge in [0.1, 0.15) is 17.3 Å². The van der Waals surface area contributed by atoms with Crippen molar-refractivity contribution in [2.24, 2.45) is 0 Å². The van der Waals surface area contributed by atoms with Crippen LogP contribution < -0.4 is 4.90 Å². The molecule has 0 N–H and O–H groups in total. The third-order valence-corrected chi connectivity index (χ3v) is 4.17. The third kappa shape index (κ3) is 4.43. The fourth-order valence-corrected chi connectivity index (χ4v) is 2.69. The van der Waals surface area contributed by atoms with Gasteiger partial charge in [-0.3, -0.25) is 0 Å². The lowest BCUT2D eigenvalue weighted by Crippen LogP contribution is -2.18. The van der Waals surface area contributed by atoms with Gasteiger partial charge in [0.15, 0.2) is 0 Å². The van der Waals surface area contributed by atoms with Crippen LogP contribution in [0.15, 0.2) is 77.5 Å². The molecule has 0 radical (unpaired) electrons. The van der Waals surface area contributed by atoms with Gasteiger partial charge in [0.2, 0.25) is 0 Å². The van der Waals surface area contributed by atoms with E-state index in [0.717, 1.165) is 21.5 Å². The second kappa shape index (κ2) is 8.08. The average Bonchev–Trinajstić information content (AvgIpc) is 2.61. The Morgan fingerprint density at radius 3 is 2.46 bits per heavy atom. The van der Waals surface area contributed by atoms with Crippen LogP contribution in [0.2, 0.25) is 5.15 Å². The molecule has 0 bridgehead atoms. The minimum absolute atomic E-state index is 0.425. The van der Waals surface area contributed by atoms with Gasteiger partial charge in [-0.15, -0.1) is 0 Å². The zero-order valence-electron chi connectivity index (χ0n) is 12.8. The van der Waals surface area contributed by atoms with E-state index in [9.17, 15) is 0 Å². The molecule has 0 aliphatic carbocycles. The highest BCUT2D eigenvalue weighted by molar-refractivity contribution is 9.10. The fourth-order valence-electron chi connectivity index (χ4n) is 2.28. The highest BCUT2D eigenvalue weighted by Gasteiger charge is 2.10. The Kier molecular flexibility index (Phi) is 5.62. The SMILES string of the molecule is Clc1cc(N(CC=Cc2ccccc2)c2ccc(Br)cc2)ncn1. The van der Waals surface area contributed by atoms with E-state index in [-0.39, 0.29) is 0 Å². The Bertz CT molecular complexity index is 820. The van der Waals surface area contributed by atoms with Gasteiger partial charge in [-0.25, -0.2) is 9.97 Å². The van der Waals surface area contributed by atoms with Gasteiger partial charge >= 0.3 is 0 Å². The Morgan fingerprint density at radius 1 is 1.00 bits per heavy atom. The molecule has 3 rings (SSSR count). The van der Waals surface area contributed by atoms with Crippen LogP contribution in [0.1, 0.15) is 5.56 Å². The maximum Gasteiger partial charge on any atom is 0.138 e. The first-order chi connectivity index (χ1) is 11.7. The van der Waals surface area contributed by atoms with Gasteiger partial charge in [0.25, 0.3) is 0 Å². The number of hydrogen-bond acceptors (Lipinski definition) is 3. The van der Waals surface area contributed by atoms with Crippen LogP contribution in [0.3, 0.4) is 0 Å². The van der Waals surface area contributed by atoms with Crippen LogP contribution in [0.4, 0.5) is 11.5 Å². The van der Waals surface area contributed by atoms with E-state index < -0.39 is 0 Å². The number of halogens is 2. The molecule has 0 aliphatic heterocycles. The monoisotopic (exact) mass is 399 g/mol. The van der Waals surface area contributed by atoms with Gasteiger partial charge in [-0.05, 0) is 29.8 Å². The Balaban J connectivity index is 1.87. The second-order valence-corrected chi connectivity index (χ2v) is 6.40. The molecule has 1 aromatic heterocycles. The van der Waals surface area contributed by atoms with Crippen molar-refractivity contribution >= 4 is 45.1 Å². The molecule has 0 unspecified atom stereocenters. The molecule has 24 heavy (non-hydrogen) atoms. The molecule has 0 saturated carbocycles. The summed E-state index contributed by atoms with van der Waals surface area (Å²) in [6.07, 6.45) is 5.67. The summed E-state index contributed by atoms with van der Waals surface area (Å²) >= 11 is 9.49. The summed E-state index contributed by atoms with van der Waals surface area (Å²) < 4.78 is 1.03. The van der Waals surface area contributed by atoms with Crippen molar-refractivity contribution in [1.82, 2.24) is 9.97 Å². The number of benzene rings is 2. The summed E-state index contributed by atoms with van der Waals surface area (Å²) in [5.41, 5.74) is 2.19. The number of aromatic nitrogens is 2. The smallest absolute Gasteiger partial charge is 0.138 e. The quantitative estimate of drug-likeness (QED) is 0.511. The molecule has 3 aromatic rings. The standard InChI is InChI=1S/C19H15BrClN3/c20-16-8-10-17(11-9-16)24(19-13-18(21)22-14-23-19)12-4-7-15-5-2-1-3-6-15/h1-11,13-14H,12H2. The van der Waals surface area contributed by atoms with Gasteiger partial charge in [0, 0.05) is 22.8 Å². The lowest BCUT2D eigenvalue weighted by Gasteiger charge is -2.22. The predicted octanol–water partition coefficient (Wildman–Crippen LogP) is 5.74. The van der Waals surface area contributed by atoms with E-state index in [1.165, 1.54) is 6.33 Å². The van der Waals surface area contributed by atoms with E-state index in [1.807, 2.05) is 42.5 Å². The number of hydrogen-bond donors (Lipinski definition) is 0. The van der Waals surface area contributed by atoms with Gasteiger partial charge < -0.3 is 4.90 Å². The van der Waals surface area contributed by atoms with Crippen molar-refractivity contribution < 1.29 is 0 Å². The van der Waals surface area contributed by atoms with E-state index in [0.29, 0.717) is 11.7 Å². The van der Waals surface area contributed by atoms with Crippen LogP contribution in [-0.2, 0) is 0 Å². The van der Waals surface area contributed by atoms with E-state index >= 15 is 0 Å². The molecule has 2 aromatic carbocycles. The zero-order chi connectivity index (χ0) is 16.8. The van der Waals surface area contributed by atoms with E-state index in [1.54, 1.807) is 6.07 Å². The van der Waals surface area contributed by atoms with Crippen LogP contribution in [0.5, 0.6) is 0 Å². The van der Waals surface area contributed by atoms with E-state index in [2.05, 4.69) is 55.1 Å². The largest absolute Gasteiger partial charge is 0.322 e. The highest BCUT2D eigenvalue weighted by atomic mass is 79.9. The average molecular weight is 401 g/mol. The Labute approximate surface area is 154 Å². The van der Waals surface area contributed by atoms with E-state index in [4.69, 9.17) is 11.6 Å². The topological polar surface area (TPSA) is 29.0 Å². The lowest BCUT2D eigenvalue weighted by molar-refractivity contribution is 1.02. The first-order valence-corrected chi connectivity index (χ1v) is 8.62. The van der Waals surface area contributed by atoms with Crippen molar-refractivity contribution in [2.45, 2.75) is 0 Å². The minimum Gasteiger partial charge on any atom is -0.322 e. The molecule has 5 heteroatoms. The van der Waals surface area contributed by atoms with Gasteiger partial charge in [-0.2, -0.15) is 0 Å². The zero-order valence-corrected chi connectivity index (χ0v) is 15.2. The predicted molar refractivity (Wildman–Crippen MR) is 104 cm³/mol. The number of rotatable bonds is 5. The molecule has 0 fully saturated rings.